The van der Waals surface area contributed by atoms with Crippen molar-refractivity contribution < 1.29 is 9.53 Å². The van der Waals surface area contributed by atoms with E-state index in [0.29, 0.717) is 30.9 Å². The summed E-state index contributed by atoms with van der Waals surface area (Å²) in [5.74, 6) is 0.791. The van der Waals surface area contributed by atoms with Crippen LogP contribution in [0.4, 0.5) is 10.5 Å². The Bertz CT molecular complexity index is 1040. The van der Waals surface area contributed by atoms with E-state index in [-0.39, 0.29) is 6.03 Å². The monoisotopic (exact) mass is 370 g/mol. The number of hydrogen-bond acceptors (Lipinski definition) is 4. The smallest absolute Gasteiger partial charge is 0.322 e. The first-order valence-corrected chi connectivity index (χ1v) is 8.95. The molecule has 1 aliphatic heterocycles. The van der Waals surface area contributed by atoms with Crippen LogP contribution >= 0.6 is 0 Å². The van der Waals surface area contributed by atoms with Gasteiger partial charge in [-0.05, 0) is 53.6 Å². The number of carbonyl (C=O) groups excluding carboxylic acids is 1. The third-order valence-corrected chi connectivity index (χ3v) is 4.58. The van der Waals surface area contributed by atoms with E-state index in [2.05, 4.69) is 16.4 Å². The molecule has 4 rings (SSSR count). The van der Waals surface area contributed by atoms with Crippen LogP contribution in [0.1, 0.15) is 11.1 Å². The van der Waals surface area contributed by atoms with Gasteiger partial charge in [0, 0.05) is 23.6 Å². The topological polar surface area (TPSA) is 78.2 Å². The van der Waals surface area contributed by atoms with E-state index in [1.165, 1.54) is 0 Å². The number of carbonyl (C=O) groups is 1. The highest BCUT2D eigenvalue weighted by atomic mass is 16.5. The van der Waals surface area contributed by atoms with E-state index < -0.39 is 0 Å². The third kappa shape index (κ3) is 3.79. The lowest BCUT2D eigenvalue weighted by Crippen LogP contribution is -2.36. The lowest BCUT2D eigenvalue weighted by atomic mass is 10.0. The van der Waals surface area contributed by atoms with Gasteiger partial charge in [0.05, 0.1) is 24.7 Å². The summed E-state index contributed by atoms with van der Waals surface area (Å²) in [5, 5.41) is 11.9. The Kier molecular flexibility index (Phi) is 4.89. The largest absolute Gasteiger partial charge is 0.491 e. The lowest BCUT2D eigenvalue weighted by Gasteiger charge is -2.20. The second-order valence-corrected chi connectivity index (χ2v) is 6.45. The molecule has 1 aliphatic rings. The minimum atomic E-state index is -0.221. The van der Waals surface area contributed by atoms with Crippen LogP contribution in [0.15, 0.2) is 67.0 Å². The molecule has 0 unspecified atom stereocenters. The Labute approximate surface area is 163 Å². The number of nitrogens with zero attached hydrogens (tertiary/aromatic N) is 3. The number of rotatable bonds is 2. The van der Waals surface area contributed by atoms with E-state index >= 15 is 0 Å². The van der Waals surface area contributed by atoms with Crippen LogP contribution in [0.25, 0.3) is 11.1 Å². The van der Waals surface area contributed by atoms with Crippen molar-refractivity contribution in [1.29, 1.82) is 5.26 Å². The average Bonchev–Trinajstić information content (AvgIpc) is 2.96. The van der Waals surface area contributed by atoms with Crippen LogP contribution in [0.5, 0.6) is 5.75 Å². The summed E-state index contributed by atoms with van der Waals surface area (Å²) in [4.78, 5) is 18.5. The average molecular weight is 370 g/mol. The number of aromatic nitrogens is 1. The molecule has 6 nitrogen and oxygen atoms in total. The maximum Gasteiger partial charge on any atom is 0.322 e. The molecular formula is C22H18N4O2. The van der Waals surface area contributed by atoms with Crippen LogP contribution in [-0.2, 0) is 6.54 Å². The number of ether oxygens (including phenoxy) is 1. The zero-order chi connectivity index (χ0) is 19.3. The summed E-state index contributed by atoms with van der Waals surface area (Å²) in [6.07, 6.45) is 3.51. The Morgan fingerprint density at radius 3 is 2.79 bits per heavy atom. The highest BCUT2D eigenvalue weighted by molar-refractivity contribution is 5.89. The molecule has 28 heavy (non-hydrogen) atoms. The minimum absolute atomic E-state index is 0.221. The van der Waals surface area contributed by atoms with Crippen molar-refractivity contribution in [3.63, 3.8) is 0 Å². The number of amides is 2. The second-order valence-electron chi connectivity index (χ2n) is 6.45. The fraction of sp³-hybridized carbons (Fsp3) is 0.136. The minimum Gasteiger partial charge on any atom is -0.491 e. The summed E-state index contributed by atoms with van der Waals surface area (Å²) >= 11 is 0. The van der Waals surface area contributed by atoms with Crippen molar-refractivity contribution in [3.8, 4) is 22.9 Å². The molecule has 2 amide bonds. The first-order chi connectivity index (χ1) is 13.7. The van der Waals surface area contributed by atoms with Crippen molar-refractivity contribution in [2.45, 2.75) is 6.54 Å². The van der Waals surface area contributed by atoms with Gasteiger partial charge in [-0.3, -0.25) is 4.98 Å². The van der Waals surface area contributed by atoms with Crippen LogP contribution in [-0.4, -0.2) is 29.1 Å². The number of nitrogens with one attached hydrogen (secondary N) is 1. The highest BCUT2D eigenvalue weighted by Crippen LogP contribution is 2.29. The normalized spacial score (nSPS) is 12.9. The molecule has 0 saturated carbocycles. The van der Waals surface area contributed by atoms with E-state index in [0.717, 1.165) is 22.4 Å². The predicted octanol–water partition coefficient (Wildman–Crippen LogP) is 4.05. The van der Waals surface area contributed by atoms with Gasteiger partial charge >= 0.3 is 6.03 Å². The number of fused-ring (bicyclic) bond motifs is 1. The van der Waals surface area contributed by atoms with Gasteiger partial charge in [-0.1, -0.05) is 12.1 Å². The molecule has 138 valence electrons. The first-order valence-electron chi connectivity index (χ1n) is 8.95. The molecule has 3 aromatic rings. The van der Waals surface area contributed by atoms with Gasteiger partial charge in [0.25, 0.3) is 0 Å². The third-order valence-electron chi connectivity index (χ3n) is 4.58. The molecule has 0 fully saturated rings. The number of pyridine rings is 1. The summed E-state index contributed by atoms with van der Waals surface area (Å²) in [7, 11) is 0. The summed E-state index contributed by atoms with van der Waals surface area (Å²) in [6, 6.07) is 18.6. The Balaban J connectivity index is 1.55. The maximum atomic E-state index is 12.8. The first kappa shape index (κ1) is 17.6. The number of urea groups is 1. The quantitative estimate of drug-likeness (QED) is 0.738. The molecular weight excluding hydrogens is 352 g/mol. The van der Waals surface area contributed by atoms with Crippen molar-refractivity contribution in [2.24, 2.45) is 0 Å². The SMILES string of the molecule is N#Cc1cccc(NC(=O)N2CCOc3ccc(-c4ccncc4)cc3C2)c1. The van der Waals surface area contributed by atoms with E-state index in [4.69, 9.17) is 10.00 Å². The molecule has 1 aromatic heterocycles. The number of anilines is 1. The van der Waals surface area contributed by atoms with Crippen LogP contribution in [0, 0.1) is 11.3 Å². The lowest BCUT2D eigenvalue weighted by molar-refractivity contribution is 0.200. The molecule has 0 saturated heterocycles. The fourth-order valence-electron chi connectivity index (χ4n) is 3.16. The summed E-state index contributed by atoms with van der Waals surface area (Å²) < 4.78 is 5.83. The van der Waals surface area contributed by atoms with Crippen molar-refractivity contribution in [3.05, 3.63) is 78.1 Å². The van der Waals surface area contributed by atoms with E-state index in [1.54, 1.807) is 41.6 Å². The van der Waals surface area contributed by atoms with Gasteiger partial charge < -0.3 is 15.0 Å². The Morgan fingerprint density at radius 2 is 1.96 bits per heavy atom. The van der Waals surface area contributed by atoms with Crippen molar-refractivity contribution in [1.82, 2.24) is 9.88 Å². The number of benzene rings is 2. The predicted molar refractivity (Wildman–Crippen MR) is 106 cm³/mol. The van der Waals surface area contributed by atoms with Crippen LogP contribution < -0.4 is 10.1 Å². The molecule has 6 heteroatoms. The molecule has 1 N–H and O–H groups in total. The van der Waals surface area contributed by atoms with Gasteiger partial charge in [0.1, 0.15) is 12.4 Å². The molecule has 0 atom stereocenters. The highest BCUT2D eigenvalue weighted by Gasteiger charge is 2.20. The zero-order valence-corrected chi connectivity index (χ0v) is 15.1. The summed E-state index contributed by atoms with van der Waals surface area (Å²) in [6.45, 7) is 1.34. The Morgan fingerprint density at radius 1 is 1.11 bits per heavy atom. The van der Waals surface area contributed by atoms with Gasteiger partial charge in [-0.15, -0.1) is 0 Å². The van der Waals surface area contributed by atoms with E-state index in [9.17, 15) is 4.79 Å². The maximum absolute atomic E-state index is 12.8. The van der Waals surface area contributed by atoms with Crippen molar-refractivity contribution in [2.75, 3.05) is 18.5 Å². The zero-order valence-electron chi connectivity index (χ0n) is 15.1. The second kappa shape index (κ2) is 7.80. The molecule has 2 aromatic carbocycles. The Hall–Kier alpha value is -3.85. The molecule has 0 radical (unpaired) electrons. The van der Waals surface area contributed by atoms with Gasteiger partial charge in [0.15, 0.2) is 0 Å². The van der Waals surface area contributed by atoms with Gasteiger partial charge in [0.2, 0.25) is 0 Å². The van der Waals surface area contributed by atoms with Gasteiger partial charge in [-0.2, -0.15) is 5.26 Å². The molecule has 0 aliphatic carbocycles. The van der Waals surface area contributed by atoms with Crippen LogP contribution in [0.3, 0.4) is 0 Å². The van der Waals surface area contributed by atoms with Crippen LogP contribution in [0.2, 0.25) is 0 Å². The van der Waals surface area contributed by atoms with E-state index in [1.807, 2.05) is 30.3 Å². The van der Waals surface area contributed by atoms with Crippen molar-refractivity contribution >= 4 is 11.7 Å². The number of hydrogen-bond donors (Lipinski definition) is 1. The standard InChI is InChI=1S/C22H18N4O2/c23-14-16-2-1-3-20(12-16)25-22(27)26-10-11-28-21-5-4-18(13-19(21)15-26)17-6-8-24-9-7-17/h1-9,12-13H,10-11,15H2,(H,25,27). The molecule has 0 spiro atoms. The fourth-order valence-corrected chi connectivity index (χ4v) is 3.16. The van der Waals surface area contributed by atoms with Gasteiger partial charge in [-0.25, -0.2) is 4.79 Å². The molecule has 2 heterocycles. The molecule has 0 bridgehead atoms. The number of nitriles is 1. The summed E-state index contributed by atoms with van der Waals surface area (Å²) in [5.41, 5.74) is 4.16.